The third-order valence-electron chi connectivity index (χ3n) is 0.230. The fourth-order valence-corrected chi connectivity index (χ4v) is 0.0676. The largest absolute Gasteiger partial charge is 0.480 e. The minimum atomic E-state index is -1.07. The third-order valence-corrected chi connectivity index (χ3v) is 0.230. The molecule has 0 aromatic heterocycles. The zero-order valence-electron chi connectivity index (χ0n) is 3.42. The summed E-state index contributed by atoms with van der Waals surface area (Å²) in [6.45, 7) is 0. The Hall–Kier alpha value is -0.521. The number of hydrogen-bond donors (Lipinski definition) is 1. The maximum atomic E-state index is 9.38. The van der Waals surface area contributed by atoms with Crippen molar-refractivity contribution in [1.82, 2.24) is 0 Å². The van der Waals surface area contributed by atoms with Gasteiger partial charge in [0.05, 0.1) is 6.07 Å². The monoisotopic (exact) mass is 165 g/mol. The Morgan fingerprint density at radius 2 is 2.29 bits per heavy atom. The van der Waals surface area contributed by atoms with Crippen molar-refractivity contribution < 1.29 is 9.90 Å². The second kappa shape index (κ2) is 5.48. The van der Waals surface area contributed by atoms with Gasteiger partial charge in [-0.3, -0.25) is 4.79 Å². The van der Waals surface area contributed by atoms with Crippen molar-refractivity contribution in [2.45, 2.75) is 6.42 Å². The molecular weight excluding hydrogens is 161 g/mol. The van der Waals surface area contributed by atoms with Gasteiger partial charge in [-0.05, 0) is 0 Å². The van der Waals surface area contributed by atoms with Crippen molar-refractivity contribution in [3.8, 4) is 6.07 Å². The van der Waals surface area contributed by atoms with E-state index in [4.69, 9.17) is 10.4 Å². The molecule has 4 heteroatoms. The van der Waals surface area contributed by atoms with Crippen LogP contribution in [-0.4, -0.2) is 28.1 Å². The second-order valence-electron chi connectivity index (χ2n) is 0.729. The fourth-order valence-electron chi connectivity index (χ4n) is 0.0676. The first kappa shape index (κ1) is 9.70. The van der Waals surface area contributed by atoms with Gasteiger partial charge >= 0.3 is 5.97 Å². The van der Waals surface area contributed by atoms with Crippen molar-refractivity contribution >= 4 is 23.0 Å². The van der Waals surface area contributed by atoms with Gasteiger partial charge in [0, 0.05) is 17.1 Å². The number of rotatable bonds is 1. The van der Waals surface area contributed by atoms with Crippen molar-refractivity contribution in [3.63, 3.8) is 0 Å². The molecule has 7 heavy (non-hydrogen) atoms. The summed E-state index contributed by atoms with van der Waals surface area (Å²) in [6.07, 6.45) is -0.403. The maximum absolute atomic E-state index is 9.38. The van der Waals surface area contributed by atoms with E-state index in [0.717, 1.165) is 0 Å². The van der Waals surface area contributed by atoms with Crippen LogP contribution >= 0.6 is 0 Å². The molecule has 0 heterocycles. The van der Waals surface area contributed by atoms with Crippen molar-refractivity contribution in [2.75, 3.05) is 0 Å². The predicted molar refractivity (Wildman–Crippen MR) is 23.6 cm³/mol. The van der Waals surface area contributed by atoms with Gasteiger partial charge in [-0.15, -0.1) is 0 Å². The number of aliphatic carboxylic acids is 1. The van der Waals surface area contributed by atoms with E-state index in [9.17, 15) is 4.79 Å². The molecule has 1 N–H and O–H groups in total. The first-order valence-electron chi connectivity index (χ1n) is 1.36. The van der Waals surface area contributed by atoms with E-state index in [0.29, 0.717) is 0 Å². The molecular formula is C3H3NO2Se. The average molecular weight is 164 g/mol. The van der Waals surface area contributed by atoms with Crippen LogP contribution in [0.2, 0.25) is 0 Å². The standard InChI is InChI=1S/C3H3NO2.Se/c4-2-1-3(5)6;/h1H2,(H,5,6);. The molecule has 0 atom stereocenters. The van der Waals surface area contributed by atoms with E-state index in [1.807, 2.05) is 0 Å². The summed E-state index contributed by atoms with van der Waals surface area (Å²) in [5, 5.41) is 15.3. The molecule has 0 saturated carbocycles. The molecule has 0 amide bonds. The number of nitrogens with zero attached hydrogens (tertiary/aromatic N) is 1. The van der Waals surface area contributed by atoms with Gasteiger partial charge in [0.15, 0.2) is 0 Å². The zero-order valence-corrected chi connectivity index (χ0v) is 5.13. The topological polar surface area (TPSA) is 61.1 Å². The van der Waals surface area contributed by atoms with Gasteiger partial charge in [-0.1, -0.05) is 0 Å². The van der Waals surface area contributed by atoms with Crippen LogP contribution in [0.3, 0.4) is 0 Å². The third kappa shape index (κ3) is 10.8. The van der Waals surface area contributed by atoms with Crippen LogP contribution in [0, 0.1) is 11.3 Å². The number of carboxylic acids is 1. The van der Waals surface area contributed by atoms with Gasteiger partial charge in [0.2, 0.25) is 0 Å². The van der Waals surface area contributed by atoms with Crippen LogP contribution in [-0.2, 0) is 4.79 Å². The van der Waals surface area contributed by atoms with E-state index in [1.165, 1.54) is 6.07 Å². The van der Waals surface area contributed by atoms with E-state index < -0.39 is 12.4 Å². The number of hydrogen-bond acceptors (Lipinski definition) is 2. The van der Waals surface area contributed by atoms with E-state index in [-0.39, 0.29) is 17.1 Å². The van der Waals surface area contributed by atoms with Crippen LogP contribution in [0.1, 0.15) is 6.42 Å². The number of nitriles is 1. The first-order chi connectivity index (χ1) is 2.77. The molecule has 3 nitrogen and oxygen atoms in total. The zero-order chi connectivity index (χ0) is 4.99. The number of carbonyl (C=O) groups is 1. The molecule has 0 spiro atoms. The summed E-state index contributed by atoms with van der Waals surface area (Å²) in [6, 6.07) is 1.47. The summed E-state index contributed by atoms with van der Waals surface area (Å²) in [7, 11) is 0. The van der Waals surface area contributed by atoms with Crippen molar-refractivity contribution in [3.05, 3.63) is 0 Å². The molecule has 0 aromatic carbocycles. The van der Waals surface area contributed by atoms with Crippen LogP contribution in [0.5, 0.6) is 0 Å². The average Bonchev–Trinajstić information content (AvgIpc) is 1.35. The molecule has 0 saturated heterocycles. The first-order valence-corrected chi connectivity index (χ1v) is 1.36. The van der Waals surface area contributed by atoms with Gasteiger partial charge in [0.25, 0.3) is 0 Å². The molecule has 0 aliphatic carbocycles. The van der Waals surface area contributed by atoms with E-state index >= 15 is 0 Å². The Bertz CT molecular complexity index is 95.6. The summed E-state index contributed by atoms with van der Waals surface area (Å²) in [5.41, 5.74) is 0. The Morgan fingerprint density at radius 3 is 2.29 bits per heavy atom. The molecule has 0 aliphatic heterocycles. The summed E-state index contributed by atoms with van der Waals surface area (Å²) in [5.74, 6) is -1.07. The predicted octanol–water partition coefficient (Wildman–Crippen LogP) is -0.396. The Kier molecular flexibility index (Phi) is 7.59. The van der Waals surface area contributed by atoms with Gasteiger partial charge < -0.3 is 5.11 Å². The fraction of sp³-hybridized carbons (Fsp3) is 0.333. The molecule has 0 rings (SSSR count). The summed E-state index contributed by atoms with van der Waals surface area (Å²) < 4.78 is 0. The van der Waals surface area contributed by atoms with Crippen LogP contribution in [0.15, 0.2) is 0 Å². The smallest absolute Gasteiger partial charge is 0.317 e. The molecule has 38 valence electrons. The maximum Gasteiger partial charge on any atom is 0.317 e. The molecule has 0 unspecified atom stereocenters. The van der Waals surface area contributed by atoms with E-state index in [2.05, 4.69) is 0 Å². The van der Waals surface area contributed by atoms with E-state index in [1.54, 1.807) is 0 Å². The normalized spacial score (nSPS) is 5.57. The van der Waals surface area contributed by atoms with Crippen molar-refractivity contribution in [1.29, 1.82) is 5.26 Å². The van der Waals surface area contributed by atoms with Crippen LogP contribution in [0.25, 0.3) is 0 Å². The number of carboxylic acid groups (broad SMARTS) is 1. The SMILES string of the molecule is N#CCC(=O)O.[Se]. The quantitative estimate of drug-likeness (QED) is 0.536. The minimum Gasteiger partial charge on any atom is -0.480 e. The Labute approximate surface area is 51.4 Å². The van der Waals surface area contributed by atoms with Gasteiger partial charge in [-0.25, -0.2) is 0 Å². The van der Waals surface area contributed by atoms with Gasteiger partial charge in [0.1, 0.15) is 6.42 Å². The molecule has 0 aromatic rings. The molecule has 0 aliphatic rings. The van der Waals surface area contributed by atoms with Crippen LogP contribution < -0.4 is 0 Å². The minimum absolute atomic E-state index is 0. The van der Waals surface area contributed by atoms with Crippen molar-refractivity contribution in [2.24, 2.45) is 0 Å². The Morgan fingerprint density at radius 1 is 1.86 bits per heavy atom. The van der Waals surface area contributed by atoms with Crippen LogP contribution in [0.4, 0.5) is 0 Å². The second-order valence-corrected chi connectivity index (χ2v) is 0.729. The Balaban J connectivity index is 0. The van der Waals surface area contributed by atoms with Gasteiger partial charge in [-0.2, -0.15) is 5.26 Å². The molecule has 2 radical (unpaired) electrons. The molecule has 0 fully saturated rings. The summed E-state index contributed by atoms with van der Waals surface area (Å²) >= 11 is 0. The summed E-state index contributed by atoms with van der Waals surface area (Å²) in [4.78, 5) is 9.38. The molecule has 0 bridgehead atoms.